The number of carbonyl (C=O) groups is 1. The molecule has 21 heavy (non-hydrogen) atoms. The van der Waals surface area contributed by atoms with Gasteiger partial charge in [0.05, 0.1) is 0 Å². The molecule has 0 radical (unpaired) electrons. The first-order chi connectivity index (χ1) is 9.85. The lowest BCUT2D eigenvalue weighted by Gasteiger charge is -2.42. The molecular weight excluding hydrogens is 264 g/mol. The largest absolute Gasteiger partial charge is 0.444 e. The SMILES string of the molecule is C[C@@H](NC1CN(C(=O)OC(C)(C)C)C1)C1CCCCCC1. The Bertz CT molecular complexity index is 337. The number of likely N-dealkylation sites (tertiary alicyclic amines) is 1. The fraction of sp³-hybridized carbons (Fsp3) is 0.941. The van der Waals surface area contributed by atoms with E-state index < -0.39 is 5.60 Å². The van der Waals surface area contributed by atoms with E-state index >= 15 is 0 Å². The van der Waals surface area contributed by atoms with Crippen LogP contribution in [0.4, 0.5) is 4.79 Å². The topological polar surface area (TPSA) is 41.6 Å². The van der Waals surface area contributed by atoms with Crippen molar-refractivity contribution < 1.29 is 9.53 Å². The number of carbonyl (C=O) groups excluding carboxylic acids is 1. The highest BCUT2D eigenvalue weighted by Gasteiger charge is 2.35. The minimum atomic E-state index is -0.400. The highest BCUT2D eigenvalue weighted by Crippen LogP contribution is 2.26. The zero-order valence-electron chi connectivity index (χ0n) is 14.2. The maximum atomic E-state index is 11.9. The van der Waals surface area contributed by atoms with Crippen LogP contribution in [0.5, 0.6) is 0 Å². The van der Waals surface area contributed by atoms with Gasteiger partial charge < -0.3 is 15.0 Å². The molecule has 0 spiro atoms. The minimum absolute atomic E-state index is 0.178. The molecule has 0 aromatic carbocycles. The van der Waals surface area contributed by atoms with Gasteiger partial charge in [0.15, 0.2) is 0 Å². The summed E-state index contributed by atoms with van der Waals surface area (Å²) in [5.41, 5.74) is -0.400. The normalized spacial score (nSPS) is 23.3. The van der Waals surface area contributed by atoms with Crippen LogP contribution in [0.15, 0.2) is 0 Å². The third kappa shape index (κ3) is 5.17. The van der Waals surface area contributed by atoms with Gasteiger partial charge in [0, 0.05) is 25.2 Å². The van der Waals surface area contributed by atoms with Crippen LogP contribution in [0, 0.1) is 5.92 Å². The Morgan fingerprint density at radius 2 is 1.71 bits per heavy atom. The van der Waals surface area contributed by atoms with E-state index in [0.717, 1.165) is 19.0 Å². The molecule has 4 nitrogen and oxygen atoms in total. The molecule has 0 aromatic rings. The van der Waals surface area contributed by atoms with Crippen LogP contribution in [0.25, 0.3) is 0 Å². The van der Waals surface area contributed by atoms with E-state index in [2.05, 4.69) is 12.2 Å². The van der Waals surface area contributed by atoms with Gasteiger partial charge in [-0.3, -0.25) is 0 Å². The van der Waals surface area contributed by atoms with Crippen LogP contribution in [0.1, 0.15) is 66.2 Å². The van der Waals surface area contributed by atoms with E-state index in [1.807, 2.05) is 20.8 Å². The lowest BCUT2D eigenvalue weighted by Crippen LogP contribution is -2.62. The smallest absolute Gasteiger partial charge is 0.410 e. The van der Waals surface area contributed by atoms with Crippen LogP contribution >= 0.6 is 0 Å². The average molecular weight is 296 g/mol. The highest BCUT2D eigenvalue weighted by atomic mass is 16.6. The molecule has 0 unspecified atom stereocenters. The highest BCUT2D eigenvalue weighted by molar-refractivity contribution is 5.69. The summed E-state index contributed by atoms with van der Waals surface area (Å²) in [6.45, 7) is 9.61. The Morgan fingerprint density at radius 1 is 1.14 bits per heavy atom. The van der Waals surface area contributed by atoms with Gasteiger partial charge in [0.1, 0.15) is 5.60 Å². The Labute approximate surface area is 129 Å². The van der Waals surface area contributed by atoms with E-state index in [1.54, 1.807) is 4.90 Å². The number of ether oxygens (including phenoxy) is 1. The Balaban J connectivity index is 1.68. The van der Waals surface area contributed by atoms with Gasteiger partial charge in [-0.2, -0.15) is 0 Å². The number of nitrogens with one attached hydrogen (secondary N) is 1. The average Bonchev–Trinajstić information content (AvgIpc) is 2.59. The van der Waals surface area contributed by atoms with Gasteiger partial charge in [-0.25, -0.2) is 4.79 Å². The van der Waals surface area contributed by atoms with Crippen LogP contribution in [-0.4, -0.2) is 41.8 Å². The molecule has 0 bridgehead atoms. The fourth-order valence-electron chi connectivity index (χ4n) is 3.38. The summed E-state index contributed by atoms with van der Waals surface area (Å²) in [4.78, 5) is 13.7. The monoisotopic (exact) mass is 296 g/mol. The van der Waals surface area contributed by atoms with Crippen molar-refractivity contribution in [3.8, 4) is 0 Å². The standard InChI is InChI=1S/C17H32N2O2/c1-13(14-9-7-5-6-8-10-14)18-15-11-19(12-15)16(20)21-17(2,3)4/h13-15,18H,5-12H2,1-4H3/t13-/m1/s1. The predicted molar refractivity (Wildman–Crippen MR) is 85.4 cm³/mol. The molecule has 1 heterocycles. The molecule has 1 aliphatic heterocycles. The van der Waals surface area contributed by atoms with E-state index in [-0.39, 0.29) is 6.09 Å². The molecule has 2 rings (SSSR count). The van der Waals surface area contributed by atoms with Crippen molar-refractivity contribution >= 4 is 6.09 Å². The molecule has 1 atom stereocenters. The van der Waals surface area contributed by atoms with E-state index in [9.17, 15) is 4.79 Å². The van der Waals surface area contributed by atoms with E-state index in [4.69, 9.17) is 4.74 Å². The van der Waals surface area contributed by atoms with Gasteiger partial charge >= 0.3 is 6.09 Å². The first-order valence-electron chi connectivity index (χ1n) is 8.59. The van der Waals surface area contributed by atoms with Crippen LogP contribution in [0.2, 0.25) is 0 Å². The molecule has 2 fully saturated rings. The fourth-order valence-corrected chi connectivity index (χ4v) is 3.38. The Hall–Kier alpha value is -0.770. The van der Waals surface area contributed by atoms with Crippen LogP contribution < -0.4 is 5.32 Å². The maximum Gasteiger partial charge on any atom is 0.410 e. The summed E-state index contributed by atoms with van der Waals surface area (Å²) >= 11 is 0. The predicted octanol–water partition coefficient (Wildman–Crippen LogP) is 3.55. The zero-order chi connectivity index (χ0) is 15.5. The Morgan fingerprint density at radius 3 is 2.24 bits per heavy atom. The first kappa shape index (κ1) is 16.6. The number of nitrogens with zero attached hydrogens (tertiary/aromatic N) is 1. The van der Waals surface area contributed by atoms with Gasteiger partial charge in [-0.1, -0.05) is 25.7 Å². The summed E-state index contributed by atoms with van der Waals surface area (Å²) in [5.74, 6) is 0.808. The van der Waals surface area contributed by atoms with Crippen molar-refractivity contribution in [2.45, 2.75) is 83.9 Å². The molecule has 1 saturated heterocycles. The molecule has 4 heteroatoms. The summed E-state index contributed by atoms with van der Waals surface area (Å²) in [5, 5.41) is 3.71. The lowest BCUT2D eigenvalue weighted by atomic mass is 9.92. The molecule has 1 aliphatic carbocycles. The van der Waals surface area contributed by atoms with Crippen molar-refractivity contribution in [2.75, 3.05) is 13.1 Å². The molecule has 122 valence electrons. The van der Waals surface area contributed by atoms with Gasteiger partial charge in [0.2, 0.25) is 0 Å². The van der Waals surface area contributed by atoms with Gasteiger partial charge in [0.25, 0.3) is 0 Å². The van der Waals surface area contributed by atoms with Crippen molar-refractivity contribution in [3.63, 3.8) is 0 Å². The number of amides is 1. The second kappa shape index (κ2) is 6.99. The van der Waals surface area contributed by atoms with Crippen LogP contribution in [-0.2, 0) is 4.74 Å². The number of rotatable bonds is 3. The van der Waals surface area contributed by atoms with Crippen molar-refractivity contribution in [2.24, 2.45) is 5.92 Å². The summed E-state index contributed by atoms with van der Waals surface area (Å²) in [6, 6.07) is 1.00. The van der Waals surface area contributed by atoms with Gasteiger partial charge in [-0.05, 0) is 46.5 Å². The molecule has 2 aliphatic rings. The lowest BCUT2D eigenvalue weighted by molar-refractivity contribution is 0.00348. The van der Waals surface area contributed by atoms with Gasteiger partial charge in [-0.15, -0.1) is 0 Å². The molecule has 1 N–H and O–H groups in total. The minimum Gasteiger partial charge on any atom is -0.444 e. The molecular formula is C17H32N2O2. The summed E-state index contributed by atoms with van der Waals surface area (Å²) in [7, 11) is 0. The third-order valence-corrected chi connectivity index (χ3v) is 4.64. The summed E-state index contributed by atoms with van der Waals surface area (Å²) in [6.07, 6.45) is 8.10. The first-order valence-corrected chi connectivity index (χ1v) is 8.59. The Kier molecular flexibility index (Phi) is 5.53. The quantitative estimate of drug-likeness (QED) is 0.810. The van der Waals surface area contributed by atoms with Crippen molar-refractivity contribution in [1.82, 2.24) is 10.2 Å². The molecule has 1 amide bonds. The zero-order valence-corrected chi connectivity index (χ0v) is 14.2. The summed E-state index contributed by atoms with van der Waals surface area (Å²) < 4.78 is 5.39. The maximum absolute atomic E-state index is 11.9. The third-order valence-electron chi connectivity index (χ3n) is 4.64. The molecule has 1 saturated carbocycles. The van der Waals surface area contributed by atoms with E-state index in [0.29, 0.717) is 12.1 Å². The van der Waals surface area contributed by atoms with E-state index in [1.165, 1.54) is 38.5 Å². The molecule has 0 aromatic heterocycles. The number of hydrogen-bond acceptors (Lipinski definition) is 3. The number of hydrogen-bond donors (Lipinski definition) is 1. The van der Waals surface area contributed by atoms with Crippen molar-refractivity contribution in [3.05, 3.63) is 0 Å². The van der Waals surface area contributed by atoms with Crippen molar-refractivity contribution in [1.29, 1.82) is 0 Å². The second-order valence-corrected chi connectivity index (χ2v) is 7.79. The van der Waals surface area contributed by atoms with Crippen LogP contribution in [0.3, 0.4) is 0 Å². The second-order valence-electron chi connectivity index (χ2n) is 7.79.